The van der Waals surface area contributed by atoms with E-state index in [4.69, 9.17) is 22.3 Å². The van der Waals surface area contributed by atoms with Crippen LogP contribution in [0.2, 0.25) is 0 Å². The average Bonchev–Trinajstić information content (AvgIpc) is 2.55. The largest absolute Gasteiger partial charge is 0.377 e. The van der Waals surface area contributed by atoms with E-state index in [1.54, 1.807) is 0 Å². The quantitative estimate of drug-likeness (QED) is 0.422. The standard InChI is InChI=1S/C20H26O2/c1-3-5-7-11-15-21-17-19-13-9-10-14-20(19)18-22-16-12-8-6-4-2/h1-2,9-10,13-14H,5-8,11-12,15-18H2. The summed E-state index contributed by atoms with van der Waals surface area (Å²) in [6.07, 6.45) is 16.2. The van der Waals surface area contributed by atoms with Gasteiger partial charge in [0.2, 0.25) is 0 Å². The van der Waals surface area contributed by atoms with Crippen molar-refractivity contribution in [3.8, 4) is 24.7 Å². The summed E-state index contributed by atoms with van der Waals surface area (Å²) in [7, 11) is 0. The molecule has 0 saturated carbocycles. The van der Waals surface area contributed by atoms with Crippen molar-refractivity contribution in [3.05, 3.63) is 35.4 Å². The first-order valence-electron chi connectivity index (χ1n) is 7.97. The summed E-state index contributed by atoms with van der Waals surface area (Å²) in [5.41, 5.74) is 2.39. The molecule has 0 bridgehead atoms. The first-order valence-corrected chi connectivity index (χ1v) is 7.97. The molecule has 0 aliphatic rings. The van der Waals surface area contributed by atoms with Gasteiger partial charge >= 0.3 is 0 Å². The topological polar surface area (TPSA) is 18.5 Å². The van der Waals surface area contributed by atoms with Gasteiger partial charge in [-0.25, -0.2) is 0 Å². The maximum absolute atomic E-state index is 5.72. The Balaban J connectivity index is 2.23. The molecule has 0 aliphatic carbocycles. The first kappa shape index (κ1) is 18.3. The summed E-state index contributed by atoms with van der Waals surface area (Å²) < 4.78 is 11.4. The lowest BCUT2D eigenvalue weighted by Crippen LogP contribution is -2.02. The number of rotatable bonds is 12. The van der Waals surface area contributed by atoms with E-state index in [0.29, 0.717) is 13.2 Å². The predicted octanol–water partition coefficient (Wildman–Crippen LogP) is 4.33. The van der Waals surface area contributed by atoms with Crippen LogP contribution in [0.1, 0.15) is 49.7 Å². The third-order valence-corrected chi connectivity index (χ3v) is 3.35. The number of hydrogen-bond acceptors (Lipinski definition) is 2. The molecule has 1 aromatic carbocycles. The van der Waals surface area contributed by atoms with E-state index in [9.17, 15) is 0 Å². The summed E-state index contributed by atoms with van der Waals surface area (Å²) >= 11 is 0. The minimum absolute atomic E-state index is 0.632. The zero-order valence-electron chi connectivity index (χ0n) is 13.4. The van der Waals surface area contributed by atoms with Gasteiger partial charge in [-0.2, -0.15) is 0 Å². The smallest absolute Gasteiger partial charge is 0.0720 e. The van der Waals surface area contributed by atoms with Gasteiger partial charge in [0.15, 0.2) is 0 Å². The van der Waals surface area contributed by atoms with Crippen molar-refractivity contribution in [2.75, 3.05) is 13.2 Å². The number of benzene rings is 1. The minimum Gasteiger partial charge on any atom is -0.377 e. The van der Waals surface area contributed by atoms with Crippen LogP contribution in [-0.4, -0.2) is 13.2 Å². The molecule has 1 rings (SSSR count). The molecular weight excluding hydrogens is 272 g/mol. The molecule has 0 radical (unpaired) electrons. The summed E-state index contributed by atoms with van der Waals surface area (Å²) in [5.74, 6) is 5.29. The number of terminal acetylenes is 2. The summed E-state index contributed by atoms with van der Waals surface area (Å²) in [5, 5.41) is 0. The van der Waals surface area contributed by atoms with Crippen LogP contribution in [0.5, 0.6) is 0 Å². The van der Waals surface area contributed by atoms with E-state index in [0.717, 1.165) is 51.7 Å². The number of unbranched alkanes of at least 4 members (excludes halogenated alkanes) is 4. The van der Waals surface area contributed by atoms with Gasteiger partial charge in [0.05, 0.1) is 13.2 Å². The molecule has 2 nitrogen and oxygen atoms in total. The van der Waals surface area contributed by atoms with Crippen LogP contribution in [0.3, 0.4) is 0 Å². The first-order chi connectivity index (χ1) is 10.9. The van der Waals surface area contributed by atoms with Crippen molar-refractivity contribution in [2.45, 2.75) is 51.7 Å². The van der Waals surface area contributed by atoms with Gasteiger partial charge in [-0.3, -0.25) is 0 Å². The van der Waals surface area contributed by atoms with Crippen molar-refractivity contribution in [1.82, 2.24) is 0 Å². The Morgan fingerprint density at radius 1 is 0.727 bits per heavy atom. The van der Waals surface area contributed by atoms with E-state index in [2.05, 4.69) is 24.0 Å². The second-order valence-electron chi connectivity index (χ2n) is 5.20. The van der Waals surface area contributed by atoms with Crippen LogP contribution >= 0.6 is 0 Å². The van der Waals surface area contributed by atoms with E-state index in [1.807, 2.05) is 12.1 Å². The Labute approximate surface area is 135 Å². The second kappa shape index (κ2) is 13.0. The normalized spacial score (nSPS) is 10.1. The summed E-state index contributed by atoms with van der Waals surface area (Å²) in [6.45, 7) is 2.77. The lowest BCUT2D eigenvalue weighted by Gasteiger charge is -2.10. The highest BCUT2D eigenvalue weighted by molar-refractivity contribution is 5.25. The molecule has 118 valence electrons. The van der Waals surface area contributed by atoms with Crippen molar-refractivity contribution >= 4 is 0 Å². The highest BCUT2D eigenvalue weighted by atomic mass is 16.5. The maximum atomic E-state index is 5.72. The Bertz CT molecular complexity index is 434. The highest BCUT2D eigenvalue weighted by Gasteiger charge is 2.02. The summed E-state index contributed by atoms with van der Waals surface area (Å²) in [4.78, 5) is 0. The van der Waals surface area contributed by atoms with Crippen molar-refractivity contribution < 1.29 is 9.47 Å². The van der Waals surface area contributed by atoms with Gasteiger partial charge in [0.25, 0.3) is 0 Å². The van der Waals surface area contributed by atoms with E-state index < -0.39 is 0 Å². The molecule has 0 N–H and O–H groups in total. The van der Waals surface area contributed by atoms with Crippen molar-refractivity contribution in [2.24, 2.45) is 0 Å². The fourth-order valence-corrected chi connectivity index (χ4v) is 2.07. The Morgan fingerprint density at radius 3 is 1.59 bits per heavy atom. The molecule has 1 aromatic rings. The van der Waals surface area contributed by atoms with E-state index in [-0.39, 0.29) is 0 Å². The Hall–Kier alpha value is -1.74. The maximum Gasteiger partial charge on any atom is 0.0720 e. The van der Waals surface area contributed by atoms with Crippen molar-refractivity contribution in [3.63, 3.8) is 0 Å². The molecule has 0 fully saturated rings. The molecule has 0 aliphatic heterocycles. The van der Waals surface area contributed by atoms with Crippen LogP contribution in [0, 0.1) is 24.7 Å². The number of ether oxygens (including phenoxy) is 2. The van der Waals surface area contributed by atoms with Gasteiger partial charge < -0.3 is 9.47 Å². The molecule has 22 heavy (non-hydrogen) atoms. The molecule has 0 saturated heterocycles. The van der Waals surface area contributed by atoms with Crippen LogP contribution in [0.15, 0.2) is 24.3 Å². The Kier molecular flexibility index (Phi) is 10.8. The monoisotopic (exact) mass is 298 g/mol. The van der Waals surface area contributed by atoms with Crippen LogP contribution in [0.4, 0.5) is 0 Å². The molecule has 0 unspecified atom stereocenters. The Morgan fingerprint density at radius 2 is 1.18 bits per heavy atom. The van der Waals surface area contributed by atoms with Crippen LogP contribution in [0.25, 0.3) is 0 Å². The van der Waals surface area contributed by atoms with Crippen LogP contribution in [-0.2, 0) is 22.7 Å². The molecule has 0 heterocycles. The van der Waals surface area contributed by atoms with Crippen molar-refractivity contribution in [1.29, 1.82) is 0 Å². The summed E-state index contributed by atoms with van der Waals surface area (Å²) in [6, 6.07) is 8.26. The van der Waals surface area contributed by atoms with Gasteiger partial charge in [0.1, 0.15) is 0 Å². The lowest BCUT2D eigenvalue weighted by atomic mass is 10.1. The SMILES string of the molecule is C#CCCCCOCc1ccccc1COCCCCC#C. The van der Waals surface area contributed by atoms with Gasteiger partial charge in [-0.15, -0.1) is 24.7 Å². The predicted molar refractivity (Wildman–Crippen MR) is 91.1 cm³/mol. The van der Waals surface area contributed by atoms with Gasteiger partial charge in [-0.1, -0.05) is 24.3 Å². The molecule has 0 amide bonds. The molecule has 0 atom stereocenters. The van der Waals surface area contributed by atoms with Gasteiger partial charge in [-0.05, 0) is 36.8 Å². The fourth-order valence-electron chi connectivity index (χ4n) is 2.07. The molecule has 0 spiro atoms. The fraction of sp³-hybridized carbons (Fsp3) is 0.500. The molecule has 2 heteroatoms. The molecule has 0 aromatic heterocycles. The van der Waals surface area contributed by atoms with Crippen LogP contribution < -0.4 is 0 Å². The van der Waals surface area contributed by atoms with E-state index in [1.165, 1.54) is 11.1 Å². The highest BCUT2D eigenvalue weighted by Crippen LogP contribution is 2.12. The minimum atomic E-state index is 0.632. The zero-order chi connectivity index (χ0) is 15.9. The average molecular weight is 298 g/mol. The van der Waals surface area contributed by atoms with E-state index >= 15 is 0 Å². The second-order valence-corrected chi connectivity index (χ2v) is 5.20. The third-order valence-electron chi connectivity index (χ3n) is 3.35. The van der Waals surface area contributed by atoms with Gasteiger partial charge in [0, 0.05) is 26.1 Å². The molecular formula is C20H26O2. The zero-order valence-corrected chi connectivity index (χ0v) is 13.4. The number of hydrogen-bond donors (Lipinski definition) is 0. The third kappa shape index (κ3) is 8.53. The lowest BCUT2D eigenvalue weighted by molar-refractivity contribution is 0.104.